The number of nitrogens with one attached hydrogen (secondary N) is 2. The Bertz CT molecular complexity index is 645. The third-order valence-corrected chi connectivity index (χ3v) is 3.08. The van der Waals surface area contributed by atoms with E-state index in [1.165, 1.54) is 6.08 Å². The largest absolute Gasteiger partial charge is 0.482 e. The van der Waals surface area contributed by atoms with Gasteiger partial charge in [-0.15, -0.1) is 6.58 Å². The Morgan fingerprint density at radius 3 is 2.58 bits per heavy atom. The number of carbonyl (C=O) groups is 3. The molecule has 1 aromatic carbocycles. The van der Waals surface area contributed by atoms with Crippen molar-refractivity contribution < 1.29 is 28.6 Å². The average Bonchev–Trinajstić information content (AvgIpc) is 2.57. The molecule has 8 nitrogen and oxygen atoms in total. The first kappa shape index (κ1) is 17.3. The molecule has 1 aliphatic heterocycles. The van der Waals surface area contributed by atoms with E-state index < -0.39 is 36.7 Å². The van der Waals surface area contributed by atoms with E-state index in [1.54, 1.807) is 31.2 Å². The lowest BCUT2D eigenvalue weighted by Gasteiger charge is -2.30. The van der Waals surface area contributed by atoms with Crippen LogP contribution in [0.1, 0.15) is 6.92 Å². The standard InChI is InChI=1S/C16H18N2O6/c1-3-8-17-16(21)18-13(19)9-22-15(20)14-10(2)23-11-6-4-5-7-12(11)24-14/h3-7,10,14H,1,8-9H2,2H3,(H2,17,18,19,21). The van der Waals surface area contributed by atoms with Gasteiger partial charge in [0.05, 0.1) is 0 Å². The fraction of sp³-hybridized carbons (Fsp3) is 0.312. The molecule has 0 saturated heterocycles. The Balaban J connectivity index is 1.83. The van der Waals surface area contributed by atoms with E-state index in [1.807, 2.05) is 5.32 Å². The van der Waals surface area contributed by atoms with Gasteiger partial charge < -0.3 is 19.5 Å². The van der Waals surface area contributed by atoms with Gasteiger partial charge in [-0.05, 0) is 19.1 Å². The number of urea groups is 1. The monoisotopic (exact) mass is 334 g/mol. The molecule has 24 heavy (non-hydrogen) atoms. The zero-order chi connectivity index (χ0) is 17.5. The van der Waals surface area contributed by atoms with Crippen LogP contribution in [0.25, 0.3) is 0 Å². The summed E-state index contributed by atoms with van der Waals surface area (Å²) in [6.07, 6.45) is -0.113. The van der Waals surface area contributed by atoms with E-state index >= 15 is 0 Å². The second-order valence-electron chi connectivity index (χ2n) is 4.96. The van der Waals surface area contributed by atoms with Crippen molar-refractivity contribution in [1.82, 2.24) is 10.6 Å². The molecule has 2 unspecified atom stereocenters. The molecule has 3 amide bonds. The summed E-state index contributed by atoms with van der Waals surface area (Å²) in [5, 5.41) is 4.37. The van der Waals surface area contributed by atoms with E-state index in [2.05, 4.69) is 11.9 Å². The summed E-state index contributed by atoms with van der Waals surface area (Å²) in [4.78, 5) is 34.9. The molecular formula is C16H18N2O6. The van der Waals surface area contributed by atoms with Crippen LogP contribution in [0.4, 0.5) is 4.79 Å². The lowest BCUT2D eigenvalue weighted by molar-refractivity contribution is -0.160. The molecule has 0 fully saturated rings. The lowest BCUT2D eigenvalue weighted by atomic mass is 10.2. The van der Waals surface area contributed by atoms with E-state index in [9.17, 15) is 14.4 Å². The van der Waals surface area contributed by atoms with E-state index in [0.29, 0.717) is 11.5 Å². The number of hydrogen-bond donors (Lipinski definition) is 2. The SMILES string of the molecule is C=CCNC(=O)NC(=O)COC(=O)C1Oc2ccccc2OC1C. The van der Waals surface area contributed by atoms with Gasteiger partial charge >= 0.3 is 12.0 Å². The number of para-hydroxylation sites is 2. The molecule has 0 saturated carbocycles. The molecule has 0 aromatic heterocycles. The van der Waals surface area contributed by atoms with Crippen LogP contribution in [0.15, 0.2) is 36.9 Å². The maximum Gasteiger partial charge on any atom is 0.351 e. The normalized spacial score (nSPS) is 18.2. The summed E-state index contributed by atoms with van der Waals surface area (Å²) in [7, 11) is 0. The fourth-order valence-corrected chi connectivity index (χ4v) is 1.97. The highest BCUT2D eigenvalue weighted by Crippen LogP contribution is 2.33. The van der Waals surface area contributed by atoms with Gasteiger partial charge in [0.2, 0.25) is 6.10 Å². The number of esters is 1. The Morgan fingerprint density at radius 1 is 1.25 bits per heavy atom. The number of benzene rings is 1. The topological polar surface area (TPSA) is 103 Å². The molecule has 2 rings (SSSR count). The van der Waals surface area contributed by atoms with Crippen LogP contribution < -0.4 is 20.1 Å². The van der Waals surface area contributed by atoms with Crippen LogP contribution in [0.3, 0.4) is 0 Å². The quantitative estimate of drug-likeness (QED) is 0.609. The fourth-order valence-electron chi connectivity index (χ4n) is 1.97. The minimum Gasteiger partial charge on any atom is -0.482 e. The minimum atomic E-state index is -0.998. The third-order valence-electron chi connectivity index (χ3n) is 3.08. The Labute approximate surface area is 138 Å². The first-order chi connectivity index (χ1) is 11.5. The van der Waals surface area contributed by atoms with Crippen molar-refractivity contribution in [3.63, 3.8) is 0 Å². The molecule has 1 aliphatic rings. The molecule has 8 heteroatoms. The average molecular weight is 334 g/mol. The molecule has 2 atom stereocenters. The Kier molecular flexibility index (Phi) is 5.78. The van der Waals surface area contributed by atoms with E-state index in [0.717, 1.165) is 0 Å². The molecule has 0 spiro atoms. The zero-order valence-corrected chi connectivity index (χ0v) is 13.1. The predicted molar refractivity (Wildman–Crippen MR) is 83.6 cm³/mol. The second-order valence-corrected chi connectivity index (χ2v) is 4.96. The van der Waals surface area contributed by atoms with Crippen LogP contribution >= 0.6 is 0 Å². The van der Waals surface area contributed by atoms with Crippen LogP contribution in [-0.4, -0.2) is 43.3 Å². The predicted octanol–water partition coefficient (Wildman–Crippen LogP) is 0.770. The number of amides is 3. The highest BCUT2D eigenvalue weighted by molar-refractivity contribution is 5.95. The number of ether oxygens (including phenoxy) is 3. The molecule has 128 valence electrons. The smallest absolute Gasteiger partial charge is 0.351 e. The first-order valence-corrected chi connectivity index (χ1v) is 7.29. The van der Waals surface area contributed by atoms with Gasteiger partial charge in [0, 0.05) is 6.54 Å². The minimum absolute atomic E-state index is 0.211. The van der Waals surface area contributed by atoms with E-state index in [4.69, 9.17) is 14.2 Å². The van der Waals surface area contributed by atoms with Crippen molar-refractivity contribution in [3.8, 4) is 11.5 Å². The Hall–Kier alpha value is -3.03. The highest BCUT2D eigenvalue weighted by Gasteiger charge is 2.35. The highest BCUT2D eigenvalue weighted by atomic mass is 16.6. The summed E-state index contributed by atoms with van der Waals surface area (Å²) in [5.74, 6) is -0.551. The summed E-state index contributed by atoms with van der Waals surface area (Å²) in [5.41, 5.74) is 0. The molecule has 0 aliphatic carbocycles. The Morgan fingerprint density at radius 2 is 1.92 bits per heavy atom. The first-order valence-electron chi connectivity index (χ1n) is 7.29. The molecule has 0 bridgehead atoms. The van der Waals surface area contributed by atoms with Crippen molar-refractivity contribution in [2.45, 2.75) is 19.1 Å². The number of rotatable bonds is 5. The van der Waals surface area contributed by atoms with Crippen molar-refractivity contribution in [1.29, 1.82) is 0 Å². The summed E-state index contributed by atoms with van der Waals surface area (Å²) >= 11 is 0. The van der Waals surface area contributed by atoms with E-state index in [-0.39, 0.29) is 6.54 Å². The van der Waals surface area contributed by atoms with Crippen molar-refractivity contribution in [3.05, 3.63) is 36.9 Å². The lowest BCUT2D eigenvalue weighted by Crippen LogP contribution is -2.46. The van der Waals surface area contributed by atoms with Gasteiger partial charge in [0.15, 0.2) is 18.1 Å². The summed E-state index contributed by atoms with van der Waals surface area (Å²) in [6.45, 7) is 4.69. The van der Waals surface area contributed by atoms with Gasteiger partial charge in [-0.2, -0.15) is 0 Å². The second kappa shape index (κ2) is 8.00. The zero-order valence-electron chi connectivity index (χ0n) is 13.1. The van der Waals surface area contributed by atoms with Crippen molar-refractivity contribution in [2.24, 2.45) is 0 Å². The van der Waals surface area contributed by atoms with Gasteiger partial charge in [0.25, 0.3) is 5.91 Å². The van der Waals surface area contributed by atoms with Gasteiger partial charge in [-0.1, -0.05) is 18.2 Å². The summed E-state index contributed by atoms with van der Waals surface area (Å²) in [6, 6.07) is 6.22. The maximum atomic E-state index is 12.1. The molecular weight excluding hydrogens is 316 g/mol. The van der Waals surface area contributed by atoms with Crippen LogP contribution in [0.5, 0.6) is 11.5 Å². The molecule has 0 radical (unpaired) electrons. The van der Waals surface area contributed by atoms with Gasteiger partial charge in [-0.3, -0.25) is 10.1 Å². The molecule has 2 N–H and O–H groups in total. The van der Waals surface area contributed by atoms with Crippen molar-refractivity contribution in [2.75, 3.05) is 13.2 Å². The number of hydrogen-bond acceptors (Lipinski definition) is 6. The molecule has 1 heterocycles. The van der Waals surface area contributed by atoms with Crippen LogP contribution in [0.2, 0.25) is 0 Å². The number of fused-ring (bicyclic) bond motifs is 1. The van der Waals surface area contributed by atoms with Gasteiger partial charge in [0.1, 0.15) is 6.10 Å². The third kappa shape index (κ3) is 4.48. The molecule has 1 aromatic rings. The number of imide groups is 1. The van der Waals surface area contributed by atoms with Gasteiger partial charge in [-0.25, -0.2) is 9.59 Å². The maximum absolute atomic E-state index is 12.1. The summed E-state index contributed by atoms with van der Waals surface area (Å²) < 4.78 is 16.0. The number of carbonyl (C=O) groups excluding carboxylic acids is 3. The van der Waals surface area contributed by atoms with Crippen molar-refractivity contribution >= 4 is 17.9 Å². The van der Waals surface area contributed by atoms with Crippen LogP contribution in [-0.2, 0) is 14.3 Å². The van der Waals surface area contributed by atoms with Crippen LogP contribution in [0, 0.1) is 0 Å².